The lowest BCUT2D eigenvalue weighted by Crippen LogP contribution is -2.00. The summed E-state index contributed by atoms with van der Waals surface area (Å²) < 4.78 is 18.7. The molecule has 0 bridgehead atoms. The maximum absolute atomic E-state index is 13.0. The number of hydrogen-bond donors (Lipinski definition) is 1. The van der Waals surface area contributed by atoms with Gasteiger partial charge in [-0.25, -0.2) is 4.39 Å². The van der Waals surface area contributed by atoms with E-state index in [1.807, 2.05) is 11.4 Å². The maximum atomic E-state index is 13.0. The topological polar surface area (TPSA) is 29.5 Å². The zero-order valence-electron chi connectivity index (χ0n) is 9.69. The van der Waals surface area contributed by atoms with Gasteiger partial charge in [0, 0.05) is 21.2 Å². The molecule has 96 valence electrons. The number of aliphatic hydroxyl groups excluding tert-OH is 1. The highest BCUT2D eigenvalue weighted by atomic mass is 79.9. The first kappa shape index (κ1) is 13.5. The molecule has 5 heteroatoms. The van der Waals surface area contributed by atoms with Gasteiger partial charge in [0.05, 0.1) is 13.2 Å². The lowest BCUT2D eigenvalue weighted by atomic mass is 10.1. The first-order chi connectivity index (χ1) is 8.60. The molecule has 1 aromatic heterocycles. The molecule has 1 atom stereocenters. The second kappa shape index (κ2) is 5.82. The van der Waals surface area contributed by atoms with E-state index in [2.05, 4.69) is 15.9 Å². The van der Waals surface area contributed by atoms with E-state index in [1.165, 1.54) is 23.5 Å². The van der Waals surface area contributed by atoms with Crippen LogP contribution in [0.4, 0.5) is 4.39 Å². The number of thiophene rings is 1. The Morgan fingerprint density at radius 3 is 2.83 bits per heavy atom. The number of ether oxygens (including phenoxy) is 1. The Bertz CT molecular complexity index is 542. The fourth-order valence-electron chi connectivity index (χ4n) is 1.61. The van der Waals surface area contributed by atoms with Crippen molar-refractivity contribution in [1.82, 2.24) is 0 Å². The van der Waals surface area contributed by atoms with Gasteiger partial charge in [-0.2, -0.15) is 0 Å². The van der Waals surface area contributed by atoms with E-state index in [4.69, 9.17) is 4.74 Å². The van der Waals surface area contributed by atoms with E-state index in [9.17, 15) is 9.50 Å². The van der Waals surface area contributed by atoms with Crippen molar-refractivity contribution >= 4 is 27.3 Å². The molecule has 1 unspecified atom stereocenters. The Labute approximate surface area is 117 Å². The zero-order valence-corrected chi connectivity index (χ0v) is 12.1. The van der Waals surface area contributed by atoms with Crippen LogP contribution in [0.3, 0.4) is 0 Å². The second-order valence-electron chi connectivity index (χ2n) is 3.84. The fourth-order valence-corrected chi connectivity index (χ4v) is 2.97. The molecule has 0 saturated heterocycles. The normalized spacial score (nSPS) is 12.4. The molecule has 0 fully saturated rings. The average molecular weight is 331 g/mol. The monoisotopic (exact) mass is 330 g/mol. The van der Waals surface area contributed by atoms with Crippen LogP contribution in [0.2, 0.25) is 0 Å². The van der Waals surface area contributed by atoms with E-state index in [1.54, 1.807) is 13.2 Å². The van der Waals surface area contributed by atoms with Crippen LogP contribution in [0.15, 0.2) is 34.1 Å². The molecule has 2 aromatic rings. The molecule has 0 radical (unpaired) electrons. The molecular weight excluding hydrogens is 319 g/mol. The van der Waals surface area contributed by atoms with Crippen molar-refractivity contribution in [2.75, 3.05) is 7.11 Å². The van der Waals surface area contributed by atoms with Crippen molar-refractivity contribution < 1.29 is 14.2 Å². The lowest BCUT2D eigenvalue weighted by molar-refractivity contribution is 0.182. The van der Waals surface area contributed by atoms with Gasteiger partial charge in [-0.3, -0.25) is 0 Å². The number of rotatable bonds is 4. The smallest absolute Gasteiger partial charge is 0.129 e. The number of halogens is 2. The third-order valence-corrected chi connectivity index (χ3v) is 4.34. The number of methoxy groups -OCH3 is 1. The lowest BCUT2D eigenvalue weighted by Gasteiger charge is -2.10. The minimum absolute atomic E-state index is 0.294. The maximum Gasteiger partial charge on any atom is 0.129 e. The van der Waals surface area contributed by atoms with Gasteiger partial charge in [-0.05, 0) is 23.8 Å². The summed E-state index contributed by atoms with van der Waals surface area (Å²) in [4.78, 5) is 0.836. The van der Waals surface area contributed by atoms with Crippen LogP contribution >= 0.6 is 27.3 Å². The van der Waals surface area contributed by atoms with Gasteiger partial charge in [0.25, 0.3) is 0 Å². The van der Waals surface area contributed by atoms with Gasteiger partial charge in [0.2, 0.25) is 0 Å². The Balaban J connectivity index is 2.13. The van der Waals surface area contributed by atoms with Crippen LogP contribution in [0.1, 0.15) is 16.5 Å². The first-order valence-corrected chi connectivity index (χ1v) is 7.02. The zero-order chi connectivity index (χ0) is 13.1. The summed E-state index contributed by atoms with van der Waals surface area (Å²) in [5.74, 6) is 0.449. The molecule has 2 nitrogen and oxygen atoms in total. The van der Waals surface area contributed by atoms with Gasteiger partial charge in [0.1, 0.15) is 11.6 Å². The molecular formula is C13H12BrFO2S. The summed E-state index contributed by atoms with van der Waals surface area (Å²) in [7, 11) is 1.59. The van der Waals surface area contributed by atoms with Crippen molar-refractivity contribution in [3.05, 3.63) is 50.4 Å². The van der Waals surface area contributed by atoms with E-state index < -0.39 is 6.10 Å². The van der Waals surface area contributed by atoms with E-state index >= 15 is 0 Å². The Morgan fingerprint density at radius 1 is 1.44 bits per heavy atom. The quantitative estimate of drug-likeness (QED) is 0.920. The van der Waals surface area contributed by atoms with Crippen molar-refractivity contribution in [3.63, 3.8) is 0 Å². The molecule has 0 aliphatic heterocycles. The van der Waals surface area contributed by atoms with E-state index in [0.29, 0.717) is 10.9 Å². The minimum atomic E-state index is -0.610. The molecule has 2 rings (SSSR count). The highest BCUT2D eigenvalue weighted by Crippen LogP contribution is 2.30. The van der Waals surface area contributed by atoms with Crippen LogP contribution in [-0.4, -0.2) is 12.2 Å². The van der Waals surface area contributed by atoms with Gasteiger partial charge in [-0.1, -0.05) is 22.0 Å². The van der Waals surface area contributed by atoms with Crippen LogP contribution in [0.5, 0.6) is 5.75 Å². The number of benzene rings is 1. The molecule has 0 aliphatic rings. The SMILES string of the molecule is COc1csc(C(O)Cc2ccc(F)cc2Br)c1. The summed E-state index contributed by atoms with van der Waals surface area (Å²) in [5, 5.41) is 12.0. The molecule has 0 spiro atoms. The summed E-state index contributed by atoms with van der Waals surface area (Å²) in [6.45, 7) is 0. The van der Waals surface area contributed by atoms with Crippen LogP contribution in [0, 0.1) is 5.82 Å². The van der Waals surface area contributed by atoms with Crippen molar-refractivity contribution in [1.29, 1.82) is 0 Å². The van der Waals surface area contributed by atoms with E-state index in [0.717, 1.165) is 16.2 Å². The molecule has 18 heavy (non-hydrogen) atoms. The highest BCUT2D eigenvalue weighted by Gasteiger charge is 2.13. The van der Waals surface area contributed by atoms with Crippen molar-refractivity contribution in [2.45, 2.75) is 12.5 Å². The van der Waals surface area contributed by atoms with Crippen LogP contribution in [0.25, 0.3) is 0 Å². The molecule has 1 heterocycles. The third-order valence-electron chi connectivity index (χ3n) is 2.59. The van der Waals surface area contributed by atoms with Gasteiger partial charge in [-0.15, -0.1) is 11.3 Å². The highest BCUT2D eigenvalue weighted by molar-refractivity contribution is 9.10. The molecule has 1 N–H and O–H groups in total. The van der Waals surface area contributed by atoms with Crippen molar-refractivity contribution in [2.24, 2.45) is 0 Å². The number of aliphatic hydroxyl groups is 1. The standard InChI is InChI=1S/C13H12BrFO2S/c1-17-10-6-13(18-7-10)12(16)4-8-2-3-9(15)5-11(8)14/h2-3,5-7,12,16H,4H2,1H3. The molecule has 0 amide bonds. The molecule has 0 aliphatic carbocycles. The van der Waals surface area contributed by atoms with Gasteiger partial charge < -0.3 is 9.84 Å². The molecule has 0 saturated carbocycles. The number of hydrogen-bond acceptors (Lipinski definition) is 3. The Kier molecular flexibility index (Phi) is 4.37. The summed E-state index contributed by atoms with van der Waals surface area (Å²) in [6, 6.07) is 6.28. The third kappa shape index (κ3) is 3.10. The fraction of sp³-hybridized carbons (Fsp3) is 0.231. The van der Waals surface area contributed by atoms with E-state index in [-0.39, 0.29) is 5.82 Å². The predicted molar refractivity (Wildman–Crippen MR) is 73.6 cm³/mol. The Hall–Kier alpha value is -0.910. The molecule has 1 aromatic carbocycles. The van der Waals surface area contributed by atoms with Crippen LogP contribution in [-0.2, 0) is 6.42 Å². The van der Waals surface area contributed by atoms with Gasteiger partial charge in [0.15, 0.2) is 0 Å². The predicted octanol–water partition coefficient (Wildman–Crippen LogP) is 3.93. The first-order valence-electron chi connectivity index (χ1n) is 5.34. The second-order valence-corrected chi connectivity index (χ2v) is 5.64. The largest absolute Gasteiger partial charge is 0.496 e. The van der Waals surface area contributed by atoms with Gasteiger partial charge >= 0.3 is 0 Å². The summed E-state index contributed by atoms with van der Waals surface area (Å²) in [5.41, 5.74) is 0.872. The minimum Gasteiger partial charge on any atom is -0.496 e. The van der Waals surface area contributed by atoms with Crippen LogP contribution < -0.4 is 4.74 Å². The summed E-state index contributed by atoms with van der Waals surface area (Å²) >= 11 is 4.74. The average Bonchev–Trinajstić information content (AvgIpc) is 2.81. The summed E-state index contributed by atoms with van der Waals surface area (Å²) in [6.07, 6.45) is -0.175. The Morgan fingerprint density at radius 2 is 2.22 bits per heavy atom. The van der Waals surface area contributed by atoms with Crippen molar-refractivity contribution in [3.8, 4) is 5.75 Å².